The Bertz CT molecular complexity index is 492. The zero-order chi connectivity index (χ0) is 19.2. The predicted octanol–water partition coefficient (Wildman–Crippen LogP) is 6.83. The highest BCUT2D eigenvalue weighted by Crippen LogP contribution is 2.21. The molecule has 1 aromatic carbocycles. The van der Waals surface area contributed by atoms with Gasteiger partial charge in [0.2, 0.25) is 5.91 Å². The number of unbranched alkanes of at least 4 members (excludes halogenated alkanes) is 7. The summed E-state index contributed by atoms with van der Waals surface area (Å²) in [7, 11) is 0. The van der Waals surface area contributed by atoms with Crippen molar-refractivity contribution in [3.8, 4) is 0 Å². The SMILES string of the molecule is CCCCCCCCCCC(Cc1ccccc1)C(=O)NC1CCCCC1. The molecule has 1 aromatic rings. The van der Waals surface area contributed by atoms with Crippen LogP contribution in [0.1, 0.15) is 102 Å². The molecule has 152 valence electrons. The third kappa shape index (κ3) is 9.44. The number of rotatable bonds is 13. The molecule has 0 spiro atoms. The van der Waals surface area contributed by atoms with Crippen LogP contribution in [0.4, 0.5) is 0 Å². The van der Waals surface area contributed by atoms with E-state index in [4.69, 9.17) is 0 Å². The highest BCUT2D eigenvalue weighted by molar-refractivity contribution is 5.79. The van der Waals surface area contributed by atoms with E-state index in [1.807, 2.05) is 0 Å². The third-order valence-electron chi connectivity index (χ3n) is 6.05. The number of benzene rings is 1. The summed E-state index contributed by atoms with van der Waals surface area (Å²) in [6, 6.07) is 11.0. The normalized spacial score (nSPS) is 16.2. The third-order valence-corrected chi connectivity index (χ3v) is 6.05. The maximum atomic E-state index is 12.9. The summed E-state index contributed by atoms with van der Waals surface area (Å²) in [6.45, 7) is 2.27. The van der Waals surface area contributed by atoms with Crippen molar-refractivity contribution >= 4 is 5.91 Å². The fourth-order valence-electron chi connectivity index (χ4n) is 4.32. The van der Waals surface area contributed by atoms with E-state index in [0.717, 1.165) is 12.8 Å². The molecule has 0 heterocycles. The Morgan fingerprint density at radius 1 is 0.926 bits per heavy atom. The van der Waals surface area contributed by atoms with Gasteiger partial charge in [-0.05, 0) is 31.2 Å². The second-order valence-corrected chi connectivity index (χ2v) is 8.49. The van der Waals surface area contributed by atoms with E-state index < -0.39 is 0 Å². The molecule has 0 radical (unpaired) electrons. The maximum Gasteiger partial charge on any atom is 0.223 e. The molecule has 1 saturated carbocycles. The summed E-state index contributed by atoms with van der Waals surface area (Å²) in [6.07, 6.45) is 18.7. The number of hydrogen-bond donors (Lipinski definition) is 1. The molecule has 1 aliphatic carbocycles. The molecule has 2 rings (SSSR count). The van der Waals surface area contributed by atoms with Gasteiger partial charge in [0, 0.05) is 12.0 Å². The minimum atomic E-state index is 0.134. The molecule has 2 nitrogen and oxygen atoms in total. The van der Waals surface area contributed by atoms with Gasteiger partial charge in [0.05, 0.1) is 0 Å². The van der Waals surface area contributed by atoms with Gasteiger partial charge in [-0.2, -0.15) is 0 Å². The van der Waals surface area contributed by atoms with Gasteiger partial charge in [-0.1, -0.05) is 108 Å². The Morgan fingerprint density at radius 2 is 1.56 bits per heavy atom. The fourth-order valence-corrected chi connectivity index (χ4v) is 4.32. The number of carbonyl (C=O) groups is 1. The summed E-state index contributed by atoms with van der Waals surface area (Å²) < 4.78 is 0. The molecular weight excluding hydrogens is 330 g/mol. The average molecular weight is 372 g/mol. The minimum absolute atomic E-state index is 0.134. The van der Waals surface area contributed by atoms with Gasteiger partial charge in [0.25, 0.3) is 0 Å². The Labute approximate surface area is 167 Å². The molecule has 1 atom stereocenters. The van der Waals surface area contributed by atoms with E-state index in [-0.39, 0.29) is 5.92 Å². The van der Waals surface area contributed by atoms with Gasteiger partial charge >= 0.3 is 0 Å². The molecule has 0 saturated heterocycles. The summed E-state index contributed by atoms with van der Waals surface area (Å²) in [4.78, 5) is 12.9. The average Bonchev–Trinajstić information content (AvgIpc) is 2.70. The lowest BCUT2D eigenvalue weighted by molar-refractivity contribution is -0.126. The summed E-state index contributed by atoms with van der Waals surface area (Å²) in [5, 5.41) is 3.38. The van der Waals surface area contributed by atoms with Crippen molar-refractivity contribution in [2.45, 2.75) is 109 Å². The fraction of sp³-hybridized carbons (Fsp3) is 0.720. The topological polar surface area (TPSA) is 29.1 Å². The van der Waals surface area contributed by atoms with E-state index >= 15 is 0 Å². The molecule has 0 aromatic heterocycles. The smallest absolute Gasteiger partial charge is 0.223 e. The van der Waals surface area contributed by atoms with Crippen LogP contribution in [0.5, 0.6) is 0 Å². The first-order valence-corrected chi connectivity index (χ1v) is 11.6. The van der Waals surface area contributed by atoms with Crippen LogP contribution >= 0.6 is 0 Å². The first-order chi connectivity index (χ1) is 13.3. The molecule has 1 fully saturated rings. The summed E-state index contributed by atoms with van der Waals surface area (Å²) in [5.41, 5.74) is 1.29. The number of carbonyl (C=O) groups excluding carboxylic acids is 1. The summed E-state index contributed by atoms with van der Waals surface area (Å²) in [5.74, 6) is 0.433. The number of amides is 1. The molecule has 2 heteroatoms. The van der Waals surface area contributed by atoms with Crippen molar-refractivity contribution < 1.29 is 4.79 Å². The van der Waals surface area contributed by atoms with Crippen LogP contribution in [-0.4, -0.2) is 11.9 Å². The number of hydrogen-bond acceptors (Lipinski definition) is 1. The van der Waals surface area contributed by atoms with Gasteiger partial charge in [0.15, 0.2) is 0 Å². The zero-order valence-corrected chi connectivity index (χ0v) is 17.6. The van der Waals surface area contributed by atoms with Gasteiger partial charge in [-0.3, -0.25) is 4.79 Å². The largest absolute Gasteiger partial charge is 0.353 e. The van der Waals surface area contributed by atoms with Crippen molar-refractivity contribution in [2.24, 2.45) is 5.92 Å². The lowest BCUT2D eigenvalue weighted by atomic mass is 9.90. The molecule has 1 N–H and O–H groups in total. The highest BCUT2D eigenvalue weighted by atomic mass is 16.1. The van der Waals surface area contributed by atoms with E-state index in [1.54, 1.807) is 0 Å². The Hall–Kier alpha value is -1.31. The van der Waals surface area contributed by atoms with Crippen LogP contribution in [0, 0.1) is 5.92 Å². The molecule has 0 aliphatic heterocycles. The van der Waals surface area contributed by atoms with Crippen molar-refractivity contribution in [1.82, 2.24) is 5.32 Å². The molecule has 1 unspecified atom stereocenters. The molecule has 1 amide bonds. The Kier molecular flexibility index (Phi) is 11.2. The van der Waals surface area contributed by atoms with Crippen molar-refractivity contribution in [1.29, 1.82) is 0 Å². The van der Waals surface area contributed by atoms with Gasteiger partial charge < -0.3 is 5.32 Å². The van der Waals surface area contributed by atoms with Crippen molar-refractivity contribution in [2.75, 3.05) is 0 Å². The lowest BCUT2D eigenvalue weighted by Crippen LogP contribution is -2.40. The standard InChI is InChI=1S/C25H41NO/c1-2-3-4-5-6-7-8-13-18-23(21-22-16-11-9-12-17-22)25(27)26-24-19-14-10-15-20-24/h9,11-12,16-17,23-24H,2-8,10,13-15,18-21H2,1H3,(H,26,27). The second kappa shape index (κ2) is 13.8. The van der Waals surface area contributed by atoms with Crippen LogP contribution in [0.3, 0.4) is 0 Å². The van der Waals surface area contributed by atoms with E-state index in [0.29, 0.717) is 11.9 Å². The van der Waals surface area contributed by atoms with E-state index in [2.05, 4.69) is 42.6 Å². The van der Waals surface area contributed by atoms with Crippen LogP contribution in [-0.2, 0) is 11.2 Å². The first-order valence-electron chi connectivity index (χ1n) is 11.6. The van der Waals surface area contributed by atoms with E-state index in [9.17, 15) is 4.79 Å². The predicted molar refractivity (Wildman–Crippen MR) is 116 cm³/mol. The quantitative estimate of drug-likeness (QED) is 0.378. The number of nitrogens with one attached hydrogen (secondary N) is 1. The highest BCUT2D eigenvalue weighted by Gasteiger charge is 2.22. The Morgan fingerprint density at radius 3 is 2.22 bits per heavy atom. The maximum absolute atomic E-state index is 12.9. The Balaban J connectivity index is 1.75. The summed E-state index contributed by atoms with van der Waals surface area (Å²) >= 11 is 0. The monoisotopic (exact) mass is 371 g/mol. The van der Waals surface area contributed by atoms with Gasteiger partial charge in [-0.15, -0.1) is 0 Å². The van der Waals surface area contributed by atoms with Crippen LogP contribution in [0.15, 0.2) is 30.3 Å². The first kappa shape index (κ1) is 22.0. The minimum Gasteiger partial charge on any atom is -0.353 e. The zero-order valence-electron chi connectivity index (χ0n) is 17.6. The van der Waals surface area contributed by atoms with Crippen LogP contribution in [0.25, 0.3) is 0 Å². The van der Waals surface area contributed by atoms with Crippen molar-refractivity contribution in [3.63, 3.8) is 0 Å². The molecule has 0 bridgehead atoms. The van der Waals surface area contributed by atoms with Crippen LogP contribution < -0.4 is 5.32 Å². The lowest BCUT2D eigenvalue weighted by Gasteiger charge is -2.25. The molecule has 1 aliphatic rings. The van der Waals surface area contributed by atoms with Crippen molar-refractivity contribution in [3.05, 3.63) is 35.9 Å². The van der Waals surface area contributed by atoms with Crippen LogP contribution in [0.2, 0.25) is 0 Å². The molecule has 27 heavy (non-hydrogen) atoms. The molecular formula is C25H41NO. The van der Waals surface area contributed by atoms with E-state index in [1.165, 1.54) is 89.0 Å². The second-order valence-electron chi connectivity index (χ2n) is 8.49. The van der Waals surface area contributed by atoms with Gasteiger partial charge in [0.1, 0.15) is 0 Å². The van der Waals surface area contributed by atoms with Gasteiger partial charge in [-0.25, -0.2) is 0 Å².